The number of alkyl halides is 2. The van der Waals surface area contributed by atoms with E-state index in [1.54, 1.807) is 0 Å². The lowest BCUT2D eigenvalue weighted by atomic mass is 9.60. The van der Waals surface area contributed by atoms with E-state index >= 15 is 0 Å². The summed E-state index contributed by atoms with van der Waals surface area (Å²) in [6, 6.07) is 0. The van der Waals surface area contributed by atoms with Crippen molar-refractivity contribution in [3.05, 3.63) is 35.5 Å². The highest BCUT2D eigenvalue weighted by atomic mass is 19.3. The molecule has 0 saturated heterocycles. The second-order valence-corrected chi connectivity index (χ2v) is 11.5. The quantitative estimate of drug-likeness (QED) is 0.437. The molecule has 3 fully saturated rings. The minimum atomic E-state index is -3.08. The van der Waals surface area contributed by atoms with E-state index < -0.39 is 23.7 Å². The Labute approximate surface area is 192 Å². The monoisotopic (exact) mass is 452 g/mol. The molecule has 3 rings (SSSR count). The maximum Gasteiger partial charge on any atom is 0.275 e. The molecule has 32 heavy (non-hydrogen) atoms. The van der Waals surface area contributed by atoms with E-state index in [-0.39, 0.29) is 17.8 Å². The van der Waals surface area contributed by atoms with Crippen LogP contribution >= 0.6 is 0 Å². The maximum absolute atomic E-state index is 14.3. The summed E-state index contributed by atoms with van der Waals surface area (Å²) in [7, 11) is 0. The fourth-order valence-electron chi connectivity index (χ4n) is 6.56. The van der Waals surface area contributed by atoms with Crippen molar-refractivity contribution in [1.29, 1.82) is 0 Å². The molecule has 3 N–H and O–H groups in total. The zero-order chi connectivity index (χ0) is 23.9. The lowest BCUT2D eigenvalue weighted by Gasteiger charge is -2.44. The van der Waals surface area contributed by atoms with Gasteiger partial charge < -0.3 is 15.3 Å². The van der Waals surface area contributed by atoms with Gasteiger partial charge in [-0.3, -0.25) is 0 Å². The van der Waals surface area contributed by atoms with Gasteiger partial charge in [0.1, 0.15) is 5.60 Å². The molecule has 0 aromatic rings. The summed E-state index contributed by atoms with van der Waals surface area (Å²) in [6.07, 6.45) is 9.55. The van der Waals surface area contributed by atoms with Gasteiger partial charge in [0, 0.05) is 6.42 Å². The molecular weight excluding hydrogens is 410 g/mol. The summed E-state index contributed by atoms with van der Waals surface area (Å²) >= 11 is 0. The van der Waals surface area contributed by atoms with Gasteiger partial charge in [0.05, 0.1) is 12.2 Å². The maximum atomic E-state index is 14.3. The van der Waals surface area contributed by atoms with Gasteiger partial charge in [0.25, 0.3) is 5.92 Å². The molecule has 0 aromatic carbocycles. The van der Waals surface area contributed by atoms with Gasteiger partial charge in [-0.2, -0.15) is 0 Å². The van der Waals surface area contributed by atoms with Crippen LogP contribution in [0, 0.1) is 23.2 Å². The first-order chi connectivity index (χ1) is 14.8. The van der Waals surface area contributed by atoms with Crippen LogP contribution in [0.15, 0.2) is 35.5 Å². The molecule has 0 heterocycles. The molecule has 2 unspecified atom stereocenters. The topological polar surface area (TPSA) is 60.7 Å². The molecule has 3 aliphatic carbocycles. The molecule has 0 amide bonds. The summed E-state index contributed by atoms with van der Waals surface area (Å²) in [4.78, 5) is 0. The van der Waals surface area contributed by atoms with Crippen LogP contribution < -0.4 is 0 Å². The average molecular weight is 453 g/mol. The van der Waals surface area contributed by atoms with Gasteiger partial charge in [0.15, 0.2) is 0 Å². The number of rotatable bonds is 6. The molecule has 6 atom stereocenters. The number of hydrogen-bond donors (Lipinski definition) is 3. The number of halogens is 2. The standard InChI is InChI=1S/C27H42F2O3/c1-17(12-14-27(28,29)25(3,4)32)21-10-11-22-20(7-6-13-26(21,22)5)9-8-19-15-23(30)18(2)24(31)16-19/h8-9,17,21-24,30-32H,2,6-7,10-16H2,1,3-5H3/b19-8?,20-9+/t17-,21-,22?,23-,24?,26-/m1/s1. The van der Waals surface area contributed by atoms with E-state index in [9.17, 15) is 24.1 Å². The van der Waals surface area contributed by atoms with Crippen molar-refractivity contribution in [2.24, 2.45) is 23.2 Å². The van der Waals surface area contributed by atoms with Crippen LogP contribution in [0.3, 0.4) is 0 Å². The highest BCUT2D eigenvalue weighted by molar-refractivity contribution is 5.29. The Morgan fingerprint density at radius 1 is 1.16 bits per heavy atom. The van der Waals surface area contributed by atoms with E-state index in [0.29, 0.717) is 36.7 Å². The lowest BCUT2D eigenvalue weighted by Crippen LogP contribution is -2.43. The van der Waals surface area contributed by atoms with Gasteiger partial charge >= 0.3 is 0 Å². The normalized spacial score (nSPS) is 37.7. The Balaban J connectivity index is 1.70. The first-order valence-corrected chi connectivity index (χ1v) is 12.3. The summed E-state index contributed by atoms with van der Waals surface area (Å²) in [5.74, 6) is -2.03. The second kappa shape index (κ2) is 9.31. The second-order valence-electron chi connectivity index (χ2n) is 11.5. The number of aliphatic hydroxyl groups excluding tert-OH is 2. The third kappa shape index (κ3) is 5.05. The van der Waals surface area contributed by atoms with Crippen molar-refractivity contribution in [3.8, 4) is 0 Å². The van der Waals surface area contributed by atoms with Crippen LogP contribution in [0.25, 0.3) is 0 Å². The van der Waals surface area contributed by atoms with Crippen molar-refractivity contribution in [2.45, 2.75) is 109 Å². The molecule has 3 aliphatic rings. The van der Waals surface area contributed by atoms with Crippen LogP contribution in [0.2, 0.25) is 0 Å². The Morgan fingerprint density at radius 2 is 1.78 bits per heavy atom. The van der Waals surface area contributed by atoms with E-state index in [2.05, 4.69) is 32.6 Å². The van der Waals surface area contributed by atoms with Gasteiger partial charge in [0.2, 0.25) is 0 Å². The molecular formula is C27H42F2O3. The fraction of sp³-hybridized carbons (Fsp3) is 0.778. The third-order valence-electron chi connectivity index (χ3n) is 8.83. The summed E-state index contributed by atoms with van der Waals surface area (Å²) in [5.41, 5.74) is 1.11. The first kappa shape index (κ1) is 25.6. The van der Waals surface area contributed by atoms with E-state index in [4.69, 9.17) is 0 Å². The molecule has 0 spiro atoms. The molecule has 3 saturated carbocycles. The molecule has 5 heteroatoms. The lowest BCUT2D eigenvalue weighted by molar-refractivity contribution is -0.168. The van der Waals surface area contributed by atoms with Crippen molar-refractivity contribution < 1.29 is 24.1 Å². The van der Waals surface area contributed by atoms with Gasteiger partial charge in [-0.05, 0) is 94.0 Å². The van der Waals surface area contributed by atoms with Crippen LogP contribution in [0.1, 0.15) is 85.5 Å². The average Bonchev–Trinajstić information content (AvgIpc) is 3.05. The smallest absolute Gasteiger partial charge is 0.275 e. The first-order valence-electron chi connectivity index (χ1n) is 12.3. The van der Waals surface area contributed by atoms with Crippen LogP contribution in [-0.4, -0.2) is 39.1 Å². The highest BCUT2D eigenvalue weighted by Gasteiger charge is 2.51. The van der Waals surface area contributed by atoms with Crippen LogP contribution in [-0.2, 0) is 0 Å². The zero-order valence-corrected chi connectivity index (χ0v) is 20.2. The molecule has 182 valence electrons. The number of allylic oxidation sites excluding steroid dienone is 3. The van der Waals surface area contributed by atoms with E-state index in [1.165, 1.54) is 19.4 Å². The van der Waals surface area contributed by atoms with Crippen molar-refractivity contribution in [3.63, 3.8) is 0 Å². The number of aliphatic hydroxyl groups is 3. The molecule has 0 aliphatic heterocycles. The Morgan fingerprint density at radius 3 is 2.38 bits per heavy atom. The Hall–Kier alpha value is -1.04. The highest BCUT2D eigenvalue weighted by Crippen LogP contribution is 2.60. The van der Waals surface area contributed by atoms with E-state index in [1.807, 2.05) is 0 Å². The molecule has 0 radical (unpaired) electrons. The van der Waals surface area contributed by atoms with Crippen molar-refractivity contribution in [2.75, 3.05) is 0 Å². The summed E-state index contributed by atoms with van der Waals surface area (Å²) in [5, 5.41) is 30.0. The number of fused-ring (bicyclic) bond motifs is 1. The van der Waals surface area contributed by atoms with Crippen molar-refractivity contribution in [1.82, 2.24) is 0 Å². The minimum absolute atomic E-state index is 0.117. The Kier molecular flexibility index (Phi) is 7.44. The fourth-order valence-corrected chi connectivity index (χ4v) is 6.56. The number of hydrogen-bond acceptors (Lipinski definition) is 3. The van der Waals surface area contributed by atoms with E-state index in [0.717, 1.165) is 37.7 Å². The Bertz CT molecular complexity index is 747. The van der Waals surface area contributed by atoms with Gasteiger partial charge in [-0.25, -0.2) is 8.78 Å². The molecule has 0 aromatic heterocycles. The largest absolute Gasteiger partial charge is 0.388 e. The van der Waals surface area contributed by atoms with Crippen LogP contribution in [0.4, 0.5) is 8.78 Å². The SMILES string of the molecule is C=C1C(O)CC(=C/C=C2\CCC[C@@]3(C)C2CC[C@@H]3[C@H](C)CCC(F)(F)C(C)(C)O)C[C@H]1O. The minimum Gasteiger partial charge on any atom is -0.388 e. The summed E-state index contributed by atoms with van der Waals surface area (Å²) in [6.45, 7) is 10.6. The van der Waals surface area contributed by atoms with Crippen molar-refractivity contribution >= 4 is 0 Å². The van der Waals surface area contributed by atoms with Gasteiger partial charge in [-0.1, -0.05) is 43.7 Å². The van der Waals surface area contributed by atoms with Crippen LogP contribution in [0.5, 0.6) is 0 Å². The summed E-state index contributed by atoms with van der Waals surface area (Å²) < 4.78 is 28.6. The third-order valence-corrected chi connectivity index (χ3v) is 8.83. The molecule has 3 nitrogen and oxygen atoms in total. The zero-order valence-electron chi connectivity index (χ0n) is 20.2. The predicted octanol–water partition coefficient (Wildman–Crippen LogP) is 5.95. The predicted molar refractivity (Wildman–Crippen MR) is 124 cm³/mol. The van der Waals surface area contributed by atoms with Gasteiger partial charge in [-0.15, -0.1) is 0 Å². The molecule has 0 bridgehead atoms.